The van der Waals surface area contributed by atoms with Gasteiger partial charge in [0.1, 0.15) is 0 Å². The van der Waals surface area contributed by atoms with Crippen LogP contribution in [0.1, 0.15) is 11.6 Å². The maximum absolute atomic E-state index is 11.5. The third kappa shape index (κ3) is 1.52. The average molecular weight is 178 g/mol. The number of aryl methyl sites for hydroxylation is 1. The molecule has 70 valence electrons. The Labute approximate surface area is 77.6 Å². The molecule has 0 spiro atoms. The first-order valence-corrected chi connectivity index (χ1v) is 4.54. The minimum atomic E-state index is 0.123. The van der Waals surface area contributed by atoms with E-state index in [1.165, 1.54) is 0 Å². The van der Waals surface area contributed by atoms with Crippen LogP contribution in [-0.2, 0) is 0 Å². The Morgan fingerprint density at radius 2 is 2.15 bits per heavy atom. The van der Waals surface area contributed by atoms with E-state index in [1.807, 2.05) is 23.8 Å². The van der Waals surface area contributed by atoms with Gasteiger partial charge in [0.15, 0.2) is 0 Å². The fourth-order valence-corrected chi connectivity index (χ4v) is 1.73. The summed E-state index contributed by atoms with van der Waals surface area (Å²) in [6.45, 7) is 3.92. The zero-order valence-electron chi connectivity index (χ0n) is 8.03. The van der Waals surface area contributed by atoms with Crippen LogP contribution in [0.25, 0.3) is 0 Å². The molecule has 13 heavy (non-hydrogen) atoms. The van der Waals surface area contributed by atoms with Gasteiger partial charge in [-0.25, -0.2) is 0 Å². The molecule has 1 aliphatic heterocycles. The van der Waals surface area contributed by atoms with Gasteiger partial charge in [-0.1, -0.05) is 0 Å². The van der Waals surface area contributed by atoms with Crippen LogP contribution in [-0.4, -0.2) is 29.6 Å². The Morgan fingerprint density at radius 3 is 2.69 bits per heavy atom. The van der Waals surface area contributed by atoms with Crippen molar-refractivity contribution in [2.75, 3.05) is 20.1 Å². The van der Waals surface area contributed by atoms with Gasteiger partial charge in [0, 0.05) is 25.4 Å². The summed E-state index contributed by atoms with van der Waals surface area (Å²) >= 11 is 0. The van der Waals surface area contributed by atoms with Gasteiger partial charge < -0.3 is 9.47 Å². The van der Waals surface area contributed by atoms with Crippen LogP contribution in [0.5, 0.6) is 0 Å². The van der Waals surface area contributed by atoms with Crippen molar-refractivity contribution in [2.45, 2.75) is 13.0 Å². The van der Waals surface area contributed by atoms with Crippen LogP contribution >= 0.6 is 0 Å². The quantitative estimate of drug-likeness (QED) is 0.630. The van der Waals surface area contributed by atoms with Crippen LogP contribution in [0, 0.1) is 6.92 Å². The Hall–Kier alpha value is -1.09. The second kappa shape index (κ2) is 3.00. The maximum atomic E-state index is 11.5. The van der Waals surface area contributed by atoms with Gasteiger partial charge in [0.05, 0.1) is 6.04 Å². The minimum Gasteiger partial charge on any atom is -0.310 e. The molecule has 3 heteroatoms. The van der Waals surface area contributed by atoms with Crippen LogP contribution in [0.2, 0.25) is 0 Å². The third-order valence-electron chi connectivity index (χ3n) is 2.54. The van der Waals surface area contributed by atoms with Gasteiger partial charge in [-0.15, -0.1) is 0 Å². The lowest BCUT2D eigenvalue weighted by molar-refractivity contribution is 0.138. The number of pyridine rings is 1. The van der Waals surface area contributed by atoms with Crippen molar-refractivity contribution in [3.8, 4) is 0 Å². The van der Waals surface area contributed by atoms with Gasteiger partial charge >= 0.3 is 0 Å². The van der Waals surface area contributed by atoms with E-state index in [-0.39, 0.29) is 5.56 Å². The third-order valence-corrected chi connectivity index (χ3v) is 2.54. The zero-order valence-corrected chi connectivity index (χ0v) is 8.03. The molecule has 1 aliphatic rings. The summed E-state index contributed by atoms with van der Waals surface area (Å²) in [7, 11) is 2.07. The largest absolute Gasteiger partial charge is 0.310 e. The van der Waals surface area contributed by atoms with Gasteiger partial charge in [-0.05, 0) is 25.6 Å². The standard InChI is InChI=1S/C10H14N2O/c1-8-3-4-12(10(13)5-8)9-6-11(2)7-9/h3-5,9H,6-7H2,1-2H3. The molecule has 0 aromatic carbocycles. The summed E-state index contributed by atoms with van der Waals surface area (Å²) in [5, 5.41) is 0. The molecule has 0 aliphatic carbocycles. The molecule has 0 N–H and O–H groups in total. The van der Waals surface area contributed by atoms with Crippen molar-refractivity contribution in [3.63, 3.8) is 0 Å². The molecular formula is C10H14N2O. The molecule has 0 radical (unpaired) electrons. The topological polar surface area (TPSA) is 25.2 Å². The van der Waals surface area contributed by atoms with Gasteiger partial charge in [-0.2, -0.15) is 0 Å². The van der Waals surface area contributed by atoms with Crippen molar-refractivity contribution < 1.29 is 0 Å². The second-order valence-corrected chi connectivity index (χ2v) is 3.82. The molecule has 1 aromatic rings. The van der Waals surface area contributed by atoms with E-state index < -0.39 is 0 Å². The summed E-state index contributed by atoms with van der Waals surface area (Å²) in [6.07, 6.45) is 1.90. The first-order chi connectivity index (χ1) is 6.16. The molecule has 1 fully saturated rings. The first-order valence-electron chi connectivity index (χ1n) is 4.54. The van der Waals surface area contributed by atoms with E-state index in [0.717, 1.165) is 18.7 Å². The van der Waals surface area contributed by atoms with E-state index >= 15 is 0 Å². The number of rotatable bonds is 1. The van der Waals surface area contributed by atoms with Crippen molar-refractivity contribution in [3.05, 3.63) is 34.2 Å². The van der Waals surface area contributed by atoms with E-state index in [0.29, 0.717) is 6.04 Å². The Balaban J connectivity index is 2.27. The molecule has 0 atom stereocenters. The smallest absolute Gasteiger partial charge is 0.251 e. The highest BCUT2D eigenvalue weighted by atomic mass is 16.1. The molecule has 0 amide bonds. The predicted octanol–water partition coefficient (Wildman–Crippen LogP) is 0.643. The second-order valence-electron chi connectivity index (χ2n) is 3.82. The molecule has 0 bridgehead atoms. The predicted molar refractivity (Wildman–Crippen MR) is 52.0 cm³/mol. The molecular weight excluding hydrogens is 164 g/mol. The number of nitrogens with zero attached hydrogens (tertiary/aromatic N) is 2. The highest BCUT2D eigenvalue weighted by Gasteiger charge is 2.24. The van der Waals surface area contributed by atoms with Crippen molar-refractivity contribution >= 4 is 0 Å². The number of likely N-dealkylation sites (tertiary alicyclic amines) is 1. The average Bonchev–Trinajstić information content (AvgIpc) is 2.00. The normalized spacial score (nSPS) is 18.6. The number of hydrogen-bond acceptors (Lipinski definition) is 2. The van der Waals surface area contributed by atoms with Crippen LogP contribution in [0.15, 0.2) is 23.1 Å². The first kappa shape index (κ1) is 8.51. The Kier molecular flexibility index (Phi) is 1.96. The van der Waals surface area contributed by atoms with Crippen LogP contribution in [0.4, 0.5) is 0 Å². The molecule has 0 unspecified atom stereocenters. The molecule has 1 aromatic heterocycles. The lowest BCUT2D eigenvalue weighted by Crippen LogP contribution is -2.47. The van der Waals surface area contributed by atoms with Crippen LogP contribution < -0.4 is 5.56 Å². The summed E-state index contributed by atoms with van der Waals surface area (Å²) in [6, 6.07) is 4.07. The van der Waals surface area contributed by atoms with E-state index in [1.54, 1.807) is 6.07 Å². The van der Waals surface area contributed by atoms with Crippen molar-refractivity contribution in [1.29, 1.82) is 0 Å². The summed E-state index contributed by atoms with van der Waals surface area (Å²) in [5.41, 5.74) is 1.16. The summed E-state index contributed by atoms with van der Waals surface area (Å²) in [5.74, 6) is 0. The SMILES string of the molecule is Cc1ccn(C2CN(C)C2)c(=O)c1. The number of aromatic nitrogens is 1. The van der Waals surface area contributed by atoms with Crippen LogP contribution in [0.3, 0.4) is 0 Å². The molecule has 2 heterocycles. The van der Waals surface area contributed by atoms with E-state index in [2.05, 4.69) is 11.9 Å². The fourth-order valence-electron chi connectivity index (χ4n) is 1.73. The lowest BCUT2D eigenvalue weighted by atomic mass is 10.1. The molecule has 2 rings (SSSR count). The van der Waals surface area contributed by atoms with Crippen molar-refractivity contribution in [2.24, 2.45) is 0 Å². The molecule has 1 saturated heterocycles. The van der Waals surface area contributed by atoms with E-state index in [9.17, 15) is 4.79 Å². The van der Waals surface area contributed by atoms with Gasteiger partial charge in [0.25, 0.3) is 5.56 Å². The minimum absolute atomic E-state index is 0.123. The summed E-state index contributed by atoms with van der Waals surface area (Å²) < 4.78 is 1.83. The van der Waals surface area contributed by atoms with E-state index in [4.69, 9.17) is 0 Å². The van der Waals surface area contributed by atoms with Gasteiger partial charge in [0.2, 0.25) is 0 Å². The summed E-state index contributed by atoms with van der Waals surface area (Å²) in [4.78, 5) is 13.7. The zero-order chi connectivity index (χ0) is 9.42. The Bertz CT molecular complexity index is 363. The lowest BCUT2D eigenvalue weighted by Gasteiger charge is -2.37. The number of hydrogen-bond donors (Lipinski definition) is 0. The highest BCUT2D eigenvalue weighted by molar-refractivity contribution is 5.09. The molecule has 3 nitrogen and oxygen atoms in total. The van der Waals surface area contributed by atoms with Gasteiger partial charge in [-0.3, -0.25) is 4.79 Å². The van der Waals surface area contributed by atoms with Crippen molar-refractivity contribution in [1.82, 2.24) is 9.47 Å². The Morgan fingerprint density at radius 1 is 1.46 bits per heavy atom. The fraction of sp³-hybridized carbons (Fsp3) is 0.500. The maximum Gasteiger partial charge on any atom is 0.251 e. The monoisotopic (exact) mass is 178 g/mol. The molecule has 0 saturated carbocycles. The highest BCUT2D eigenvalue weighted by Crippen LogP contribution is 2.16. The number of likely N-dealkylation sites (N-methyl/N-ethyl adjacent to an activating group) is 1.